The van der Waals surface area contributed by atoms with Crippen LogP contribution in [0.25, 0.3) is 17.1 Å². The minimum atomic E-state index is 0.635. The number of benzene rings is 1. The van der Waals surface area contributed by atoms with Crippen molar-refractivity contribution in [2.45, 2.75) is 24.8 Å². The van der Waals surface area contributed by atoms with Gasteiger partial charge in [-0.25, -0.2) is 0 Å². The first-order chi connectivity index (χ1) is 12.2. The fourth-order valence-electron chi connectivity index (χ4n) is 2.58. The van der Waals surface area contributed by atoms with Crippen LogP contribution in [0, 0.1) is 13.8 Å². The summed E-state index contributed by atoms with van der Waals surface area (Å²) >= 11 is 1.56. The number of nitrogens with zero attached hydrogens (tertiary/aromatic N) is 4. The van der Waals surface area contributed by atoms with Gasteiger partial charge in [0.1, 0.15) is 11.5 Å². The third kappa shape index (κ3) is 3.10. The molecule has 0 aliphatic carbocycles. The molecule has 3 aromatic heterocycles. The maximum absolute atomic E-state index is 5.44. The van der Waals surface area contributed by atoms with Gasteiger partial charge >= 0.3 is 0 Å². The largest absolute Gasteiger partial charge is 0.469 e. The molecular formula is C18H16N4O2S. The van der Waals surface area contributed by atoms with Crippen LogP contribution < -0.4 is 0 Å². The number of aromatic nitrogens is 4. The lowest BCUT2D eigenvalue weighted by atomic mass is 10.2. The average molecular weight is 352 g/mol. The van der Waals surface area contributed by atoms with E-state index >= 15 is 0 Å². The zero-order valence-electron chi connectivity index (χ0n) is 13.8. The first-order valence-electron chi connectivity index (χ1n) is 7.82. The van der Waals surface area contributed by atoms with Crippen molar-refractivity contribution in [3.63, 3.8) is 0 Å². The predicted octanol–water partition coefficient (Wildman–Crippen LogP) is 4.42. The molecule has 0 bridgehead atoms. The van der Waals surface area contributed by atoms with Crippen molar-refractivity contribution in [1.29, 1.82) is 0 Å². The topological polar surface area (TPSA) is 69.9 Å². The summed E-state index contributed by atoms with van der Waals surface area (Å²) in [7, 11) is 0. The van der Waals surface area contributed by atoms with Gasteiger partial charge in [0.25, 0.3) is 0 Å². The Labute approximate surface area is 148 Å². The van der Waals surface area contributed by atoms with Crippen LogP contribution in [0.2, 0.25) is 0 Å². The molecule has 7 heteroatoms. The van der Waals surface area contributed by atoms with E-state index in [1.807, 2.05) is 60.9 Å². The number of para-hydroxylation sites is 1. The number of furan rings is 1. The van der Waals surface area contributed by atoms with E-state index < -0.39 is 0 Å². The maximum Gasteiger partial charge on any atom is 0.196 e. The summed E-state index contributed by atoms with van der Waals surface area (Å²) < 4.78 is 12.8. The van der Waals surface area contributed by atoms with E-state index in [2.05, 4.69) is 15.4 Å². The highest BCUT2D eigenvalue weighted by molar-refractivity contribution is 7.98. The minimum Gasteiger partial charge on any atom is -0.469 e. The summed E-state index contributed by atoms with van der Waals surface area (Å²) in [4.78, 5) is 0. The molecule has 126 valence electrons. The number of thioether (sulfide) groups is 1. The molecule has 0 spiro atoms. The summed E-state index contributed by atoms with van der Waals surface area (Å²) in [6, 6.07) is 13.9. The third-order valence-corrected chi connectivity index (χ3v) is 4.72. The minimum absolute atomic E-state index is 0.635. The molecule has 0 amide bonds. The van der Waals surface area contributed by atoms with Gasteiger partial charge in [-0.1, -0.05) is 35.1 Å². The highest BCUT2D eigenvalue weighted by atomic mass is 32.2. The number of hydrogen-bond acceptors (Lipinski definition) is 6. The first kappa shape index (κ1) is 15.7. The first-order valence-corrected chi connectivity index (χ1v) is 8.81. The van der Waals surface area contributed by atoms with Crippen LogP contribution in [-0.2, 0) is 5.75 Å². The Bertz CT molecular complexity index is 988. The van der Waals surface area contributed by atoms with Gasteiger partial charge < -0.3 is 8.94 Å². The molecule has 0 radical (unpaired) electrons. The molecule has 4 aromatic rings. The molecule has 25 heavy (non-hydrogen) atoms. The molecule has 0 unspecified atom stereocenters. The van der Waals surface area contributed by atoms with E-state index in [0.717, 1.165) is 39.4 Å². The Morgan fingerprint density at radius 2 is 1.92 bits per heavy atom. The van der Waals surface area contributed by atoms with E-state index in [1.54, 1.807) is 18.0 Å². The molecule has 0 fully saturated rings. The molecule has 6 nitrogen and oxygen atoms in total. The smallest absolute Gasteiger partial charge is 0.196 e. The lowest BCUT2D eigenvalue weighted by molar-refractivity contribution is 0.391. The van der Waals surface area contributed by atoms with Gasteiger partial charge in [0.2, 0.25) is 0 Å². The Hall–Kier alpha value is -2.80. The third-order valence-electron chi connectivity index (χ3n) is 3.77. The second-order valence-corrected chi connectivity index (χ2v) is 6.53. The van der Waals surface area contributed by atoms with Gasteiger partial charge in [0, 0.05) is 11.8 Å². The van der Waals surface area contributed by atoms with E-state index in [4.69, 9.17) is 8.94 Å². The normalized spacial score (nSPS) is 11.1. The zero-order valence-corrected chi connectivity index (χ0v) is 14.7. The molecule has 3 heterocycles. The van der Waals surface area contributed by atoms with Crippen molar-refractivity contribution >= 4 is 11.8 Å². The van der Waals surface area contributed by atoms with Crippen molar-refractivity contribution in [3.8, 4) is 17.1 Å². The summed E-state index contributed by atoms with van der Waals surface area (Å²) in [5, 5.41) is 13.5. The number of aryl methyl sites for hydroxylation is 2. The molecule has 4 rings (SSSR count). The lowest BCUT2D eigenvalue weighted by Gasteiger charge is -2.09. The second-order valence-electron chi connectivity index (χ2n) is 5.59. The standard InChI is InChI=1S/C18H16N4O2S/c1-12-10-15(24-21-12)11-25-18-20-19-17(16-8-9-23-13(16)2)22(18)14-6-4-3-5-7-14/h3-10H,11H2,1-2H3. The van der Waals surface area contributed by atoms with Gasteiger partial charge in [-0.05, 0) is 32.0 Å². The van der Waals surface area contributed by atoms with Crippen LogP contribution in [0.4, 0.5) is 0 Å². The van der Waals surface area contributed by atoms with Crippen LogP contribution in [0.15, 0.2) is 62.8 Å². The lowest BCUT2D eigenvalue weighted by Crippen LogP contribution is -1.99. The summed E-state index contributed by atoms with van der Waals surface area (Å²) in [5.41, 5.74) is 2.80. The molecule has 0 atom stereocenters. The fourth-order valence-corrected chi connectivity index (χ4v) is 3.41. The van der Waals surface area contributed by atoms with E-state index in [1.165, 1.54) is 0 Å². The van der Waals surface area contributed by atoms with Crippen molar-refractivity contribution < 1.29 is 8.94 Å². The predicted molar refractivity (Wildman–Crippen MR) is 94.6 cm³/mol. The number of rotatable bonds is 5. The van der Waals surface area contributed by atoms with Crippen LogP contribution in [0.1, 0.15) is 17.2 Å². The van der Waals surface area contributed by atoms with Crippen LogP contribution >= 0.6 is 11.8 Å². The maximum atomic E-state index is 5.44. The average Bonchev–Trinajstić information content (AvgIpc) is 3.33. The SMILES string of the molecule is Cc1cc(CSc2nnc(-c3ccoc3C)n2-c2ccccc2)on1. The molecule has 0 aliphatic rings. The molecule has 0 saturated heterocycles. The quantitative estimate of drug-likeness (QED) is 0.495. The van der Waals surface area contributed by atoms with Crippen molar-refractivity contribution in [2.75, 3.05) is 0 Å². The van der Waals surface area contributed by atoms with E-state index in [9.17, 15) is 0 Å². The monoisotopic (exact) mass is 352 g/mol. The molecular weight excluding hydrogens is 336 g/mol. The van der Waals surface area contributed by atoms with E-state index in [-0.39, 0.29) is 0 Å². The van der Waals surface area contributed by atoms with Crippen molar-refractivity contribution in [1.82, 2.24) is 19.9 Å². The molecule has 0 saturated carbocycles. The van der Waals surface area contributed by atoms with Gasteiger partial charge in [-0.2, -0.15) is 0 Å². The van der Waals surface area contributed by atoms with Gasteiger partial charge in [-0.3, -0.25) is 4.57 Å². The van der Waals surface area contributed by atoms with Gasteiger partial charge in [0.15, 0.2) is 11.0 Å². The van der Waals surface area contributed by atoms with Gasteiger partial charge in [-0.15, -0.1) is 10.2 Å². The van der Waals surface area contributed by atoms with E-state index in [0.29, 0.717) is 5.75 Å². The molecule has 1 aromatic carbocycles. The summed E-state index contributed by atoms with van der Waals surface area (Å²) in [6.07, 6.45) is 1.67. The van der Waals surface area contributed by atoms with Crippen LogP contribution in [0.5, 0.6) is 0 Å². The fraction of sp³-hybridized carbons (Fsp3) is 0.167. The highest BCUT2D eigenvalue weighted by Gasteiger charge is 2.19. The second kappa shape index (κ2) is 6.60. The summed E-state index contributed by atoms with van der Waals surface area (Å²) in [6.45, 7) is 3.83. The Morgan fingerprint density at radius 1 is 1.08 bits per heavy atom. The Balaban J connectivity index is 1.74. The Kier molecular flexibility index (Phi) is 4.15. The number of hydrogen-bond donors (Lipinski definition) is 0. The zero-order chi connectivity index (χ0) is 17.2. The summed E-state index contributed by atoms with van der Waals surface area (Å²) in [5.74, 6) is 3.02. The van der Waals surface area contributed by atoms with Crippen molar-refractivity contribution in [2.24, 2.45) is 0 Å². The van der Waals surface area contributed by atoms with Crippen molar-refractivity contribution in [3.05, 3.63) is 65.9 Å². The van der Waals surface area contributed by atoms with Crippen LogP contribution in [0.3, 0.4) is 0 Å². The van der Waals surface area contributed by atoms with Gasteiger partial charge in [0.05, 0.1) is 23.3 Å². The molecule has 0 N–H and O–H groups in total. The van der Waals surface area contributed by atoms with Crippen LogP contribution in [-0.4, -0.2) is 19.9 Å². The highest BCUT2D eigenvalue weighted by Crippen LogP contribution is 2.31. The molecule has 0 aliphatic heterocycles. The Morgan fingerprint density at radius 3 is 2.60 bits per heavy atom.